The van der Waals surface area contributed by atoms with E-state index in [-0.39, 0.29) is 11.6 Å². The van der Waals surface area contributed by atoms with Crippen LogP contribution < -0.4 is 0 Å². The van der Waals surface area contributed by atoms with Crippen LogP contribution in [0.25, 0.3) is 0 Å². The van der Waals surface area contributed by atoms with Gasteiger partial charge in [0.2, 0.25) is 0 Å². The van der Waals surface area contributed by atoms with Gasteiger partial charge in [-0.2, -0.15) is 0 Å². The van der Waals surface area contributed by atoms with Gasteiger partial charge in [-0.1, -0.05) is 51.8 Å². The van der Waals surface area contributed by atoms with E-state index >= 15 is 0 Å². The molecule has 0 saturated carbocycles. The Morgan fingerprint density at radius 3 is 2.50 bits per heavy atom. The minimum atomic E-state index is -0.298. The molecule has 104 valence electrons. The molecular weight excluding hydrogens is 319 g/mol. The third-order valence-corrected chi connectivity index (χ3v) is 3.95. The average Bonchev–Trinajstić information content (AvgIpc) is 2.41. The Morgan fingerprint density at radius 2 is 1.85 bits per heavy atom. The largest absolute Gasteiger partial charge is 0.299 e. The van der Waals surface area contributed by atoms with Gasteiger partial charge >= 0.3 is 0 Å². The molecule has 0 saturated heterocycles. The summed E-state index contributed by atoms with van der Waals surface area (Å²) < 4.78 is 13.6. The van der Waals surface area contributed by atoms with Crippen LogP contribution in [0.15, 0.2) is 46.9 Å². The van der Waals surface area contributed by atoms with Gasteiger partial charge in [-0.05, 0) is 36.6 Å². The highest BCUT2D eigenvalue weighted by molar-refractivity contribution is 9.10. The van der Waals surface area contributed by atoms with E-state index in [2.05, 4.69) is 40.2 Å². The molecule has 0 N–H and O–H groups in total. The highest BCUT2D eigenvalue weighted by Gasteiger charge is 2.08. The second kappa shape index (κ2) is 6.80. The zero-order valence-electron chi connectivity index (χ0n) is 11.3. The Labute approximate surface area is 127 Å². The zero-order chi connectivity index (χ0) is 14.5. The van der Waals surface area contributed by atoms with Crippen molar-refractivity contribution in [2.24, 2.45) is 0 Å². The lowest BCUT2D eigenvalue weighted by Crippen LogP contribution is -2.05. The molecule has 0 spiro atoms. The molecule has 0 amide bonds. The van der Waals surface area contributed by atoms with Crippen molar-refractivity contribution in [2.75, 3.05) is 0 Å². The molecule has 1 nitrogen and oxygen atoms in total. The van der Waals surface area contributed by atoms with Gasteiger partial charge in [0, 0.05) is 17.3 Å². The first kappa shape index (κ1) is 14.9. The summed E-state index contributed by atoms with van der Waals surface area (Å²) in [7, 11) is 0. The fourth-order valence-electron chi connectivity index (χ4n) is 2.00. The highest BCUT2D eigenvalue weighted by atomic mass is 79.9. The summed E-state index contributed by atoms with van der Waals surface area (Å²) in [5.41, 5.74) is 3.22. The number of halogens is 2. The summed E-state index contributed by atoms with van der Waals surface area (Å²) in [5.74, 6) is -0.134. The monoisotopic (exact) mass is 334 g/mol. The number of aryl methyl sites for hydroxylation is 2. The average molecular weight is 335 g/mol. The molecule has 3 heteroatoms. The molecule has 2 aromatic rings. The van der Waals surface area contributed by atoms with Crippen molar-refractivity contribution in [3.8, 4) is 0 Å². The molecular formula is C17H16BrFO. The molecule has 0 aliphatic carbocycles. The molecule has 0 fully saturated rings. The number of benzene rings is 2. The molecule has 0 unspecified atom stereocenters. The normalized spacial score (nSPS) is 10.6. The number of Topliss-reactive ketones (excluding diaryl/α,β-unsaturated/α-hetero) is 1. The maximum atomic E-state index is 13.0. The summed E-state index contributed by atoms with van der Waals surface area (Å²) in [6, 6.07) is 12.6. The first-order valence-electron chi connectivity index (χ1n) is 6.56. The van der Waals surface area contributed by atoms with Crippen molar-refractivity contribution in [2.45, 2.75) is 26.2 Å². The molecule has 0 aliphatic heterocycles. The van der Waals surface area contributed by atoms with E-state index in [1.165, 1.54) is 23.3 Å². The quantitative estimate of drug-likeness (QED) is 0.778. The van der Waals surface area contributed by atoms with Crippen LogP contribution in [0, 0.1) is 12.7 Å². The second-order valence-corrected chi connectivity index (χ2v) is 5.79. The number of carbonyl (C=O) groups is 1. The number of ketones is 1. The Morgan fingerprint density at radius 1 is 1.15 bits per heavy atom. The Bertz CT molecular complexity index is 605. The maximum absolute atomic E-state index is 13.0. The Hall–Kier alpha value is -1.48. The first-order valence-corrected chi connectivity index (χ1v) is 7.35. The van der Waals surface area contributed by atoms with E-state index in [0.29, 0.717) is 17.3 Å². The fraction of sp³-hybridized carbons (Fsp3) is 0.235. The van der Waals surface area contributed by atoms with Gasteiger partial charge in [0.25, 0.3) is 0 Å². The minimum Gasteiger partial charge on any atom is -0.299 e. The Balaban J connectivity index is 1.90. The van der Waals surface area contributed by atoms with Crippen molar-refractivity contribution in [1.29, 1.82) is 0 Å². The molecule has 0 atom stereocenters. The van der Waals surface area contributed by atoms with Crippen molar-refractivity contribution in [3.05, 3.63) is 69.4 Å². The molecule has 2 aromatic carbocycles. The molecule has 0 radical (unpaired) electrons. The third kappa shape index (κ3) is 4.27. The summed E-state index contributed by atoms with van der Waals surface area (Å²) in [6.45, 7) is 2.04. The van der Waals surface area contributed by atoms with Crippen LogP contribution in [-0.4, -0.2) is 5.78 Å². The summed E-state index contributed by atoms with van der Waals surface area (Å²) >= 11 is 3.29. The SMILES string of the molecule is Cc1ccc(CCC(=O)Cc2ccc(F)cc2Br)cc1. The van der Waals surface area contributed by atoms with Gasteiger partial charge in [0.15, 0.2) is 0 Å². The van der Waals surface area contributed by atoms with E-state index in [1.54, 1.807) is 6.07 Å². The fourth-order valence-corrected chi connectivity index (χ4v) is 2.50. The minimum absolute atomic E-state index is 0.165. The van der Waals surface area contributed by atoms with Crippen LogP contribution >= 0.6 is 15.9 Å². The lowest BCUT2D eigenvalue weighted by atomic mass is 10.0. The molecule has 20 heavy (non-hydrogen) atoms. The molecule has 2 rings (SSSR count). The number of hydrogen-bond acceptors (Lipinski definition) is 1. The number of carbonyl (C=O) groups excluding carboxylic acids is 1. The van der Waals surface area contributed by atoms with Crippen LogP contribution in [0.3, 0.4) is 0 Å². The predicted octanol–water partition coefficient (Wildman–Crippen LogP) is 4.64. The molecule has 0 bridgehead atoms. The van der Waals surface area contributed by atoms with E-state index in [1.807, 2.05) is 6.92 Å². The molecule has 0 aromatic heterocycles. The van der Waals surface area contributed by atoms with Crippen LogP contribution in [-0.2, 0) is 17.6 Å². The lowest BCUT2D eigenvalue weighted by Gasteiger charge is -2.05. The summed E-state index contributed by atoms with van der Waals surface area (Å²) in [4.78, 5) is 12.0. The van der Waals surface area contributed by atoms with E-state index in [4.69, 9.17) is 0 Å². The lowest BCUT2D eigenvalue weighted by molar-refractivity contribution is -0.118. The number of hydrogen-bond donors (Lipinski definition) is 0. The first-order chi connectivity index (χ1) is 9.54. The van der Waals surface area contributed by atoms with Crippen molar-refractivity contribution >= 4 is 21.7 Å². The maximum Gasteiger partial charge on any atom is 0.137 e. The van der Waals surface area contributed by atoms with Gasteiger partial charge in [-0.15, -0.1) is 0 Å². The van der Waals surface area contributed by atoms with Gasteiger partial charge in [-0.3, -0.25) is 4.79 Å². The van der Waals surface area contributed by atoms with Gasteiger partial charge in [-0.25, -0.2) is 4.39 Å². The van der Waals surface area contributed by atoms with Crippen LogP contribution in [0.4, 0.5) is 4.39 Å². The predicted molar refractivity (Wildman–Crippen MR) is 82.3 cm³/mol. The summed E-state index contributed by atoms with van der Waals surface area (Å²) in [5, 5.41) is 0. The van der Waals surface area contributed by atoms with E-state index < -0.39 is 0 Å². The van der Waals surface area contributed by atoms with E-state index in [9.17, 15) is 9.18 Å². The van der Waals surface area contributed by atoms with Crippen LogP contribution in [0.2, 0.25) is 0 Å². The topological polar surface area (TPSA) is 17.1 Å². The van der Waals surface area contributed by atoms with E-state index in [0.717, 1.165) is 12.0 Å². The molecule has 0 aliphatic rings. The second-order valence-electron chi connectivity index (χ2n) is 4.94. The zero-order valence-corrected chi connectivity index (χ0v) is 12.9. The van der Waals surface area contributed by atoms with Crippen LogP contribution in [0.5, 0.6) is 0 Å². The number of rotatable bonds is 5. The third-order valence-electron chi connectivity index (χ3n) is 3.22. The van der Waals surface area contributed by atoms with Crippen molar-refractivity contribution in [1.82, 2.24) is 0 Å². The standard InChI is InChI=1S/C17H16BrFO/c1-12-2-4-13(5-3-12)6-9-16(20)10-14-7-8-15(19)11-17(14)18/h2-5,7-8,11H,6,9-10H2,1H3. The molecule has 0 heterocycles. The van der Waals surface area contributed by atoms with Crippen molar-refractivity contribution in [3.63, 3.8) is 0 Å². The van der Waals surface area contributed by atoms with Gasteiger partial charge < -0.3 is 0 Å². The smallest absolute Gasteiger partial charge is 0.137 e. The Kier molecular flexibility index (Phi) is 5.07. The highest BCUT2D eigenvalue weighted by Crippen LogP contribution is 2.19. The van der Waals surface area contributed by atoms with Gasteiger partial charge in [0.05, 0.1) is 0 Å². The summed E-state index contributed by atoms with van der Waals surface area (Å²) in [6.07, 6.45) is 1.59. The van der Waals surface area contributed by atoms with Gasteiger partial charge in [0.1, 0.15) is 11.6 Å². The van der Waals surface area contributed by atoms with Crippen molar-refractivity contribution < 1.29 is 9.18 Å². The van der Waals surface area contributed by atoms with Crippen LogP contribution in [0.1, 0.15) is 23.1 Å².